The number of fused-ring (bicyclic) bond motifs is 1. The summed E-state index contributed by atoms with van der Waals surface area (Å²) in [5, 5.41) is 3.48. The van der Waals surface area contributed by atoms with Crippen LogP contribution in [0.2, 0.25) is 0 Å². The molecule has 1 aliphatic rings. The van der Waals surface area contributed by atoms with Gasteiger partial charge in [-0.05, 0) is 42.3 Å². The molecule has 1 unspecified atom stereocenters. The zero-order chi connectivity index (χ0) is 12.4. The SMILES string of the molecule is Fc1ccc(NC2CCSc3ccccc32)cc1. The molecule has 0 bridgehead atoms. The van der Waals surface area contributed by atoms with Crippen molar-refractivity contribution in [3.05, 3.63) is 59.9 Å². The Morgan fingerprint density at radius 2 is 1.83 bits per heavy atom. The summed E-state index contributed by atoms with van der Waals surface area (Å²) in [5.74, 6) is 0.927. The van der Waals surface area contributed by atoms with Crippen molar-refractivity contribution in [3.8, 4) is 0 Å². The van der Waals surface area contributed by atoms with Crippen molar-refractivity contribution in [2.24, 2.45) is 0 Å². The standard InChI is InChI=1S/C15H14FNS/c16-11-5-7-12(8-6-11)17-14-9-10-18-15-4-2-1-3-13(14)15/h1-8,14,17H,9-10H2. The van der Waals surface area contributed by atoms with E-state index in [-0.39, 0.29) is 5.82 Å². The van der Waals surface area contributed by atoms with E-state index >= 15 is 0 Å². The fraction of sp³-hybridized carbons (Fsp3) is 0.200. The molecule has 1 heterocycles. The van der Waals surface area contributed by atoms with Crippen molar-refractivity contribution in [2.75, 3.05) is 11.1 Å². The van der Waals surface area contributed by atoms with Crippen molar-refractivity contribution in [3.63, 3.8) is 0 Å². The van der Waals surface area contributed by atoms with Crippen molar-refractivity contribution in [1.29, 1.82) is 0 Å². The van der Waals surface area contributed by atoms with Gasteiger partial charge in [0.15, 0.2) is 0 Å². The molecule has 0 radical (unpaired) electrons. The molecular formula is C15H14FNS. The van der Waals surface area contributed by atoms with Crippen molar-refractivity contribution >= 4 is 17.4 Å². The van der Waals surface area contributed by atoms with E-state index in [4.69, 9.17) is 0 Å². The molecule has 1 nitrogen and oxygen atoms in total. The first-order valence-corrected chi connectivity index (χ1v) is 7.05. The second kappa shape index (κ2) is 5.02. The lowest BCUT2D eigenvalue weighted by molar-refractivity contribution is 0.627. The van der Waals surface area contributed by atoms with Crippen LogP contribution in [0.3, 0.4) is 0 Å². The van der Waals surface area contributed by atoms with E-state index in [0.29, 0.717) is 6.04 Å². The molecule has 3 rings (SSSR count). The largest absolute Gasteiger partial charge is 0.378 e. The molecule has 1 aliphatic heterocycles. The van der Waals surface area contributed by atoms with Gasteiger partial charge < -0.3 is 5.32 Å². The summed E-state index contributed by atoms with van der Waals surface area (Å²) in [6, 6.07) is 15.4. The van der Waals surface area contributed by atoms with E-state index in [0.717, 1.165) is 17.9 Å². The quantitative estimate of drug-likeness (QED) is 0.853. The third kappa shape index (κ3) is 2.36. The van der Waals surface area contributed by atoms with Crippen molar-refractivity contribution in [1.82, 2.24) is 0 Å². The zero-order valence-corrected chi connectivity index (χ0v) is 10.7. The number of thioether (sulfide) groups is 1. The molecule has 2 aromatic carbocycles. The fourth-order valence-electron chi connectivity index (χ4n) is 2.24. The molecule has 1 atom stereocenters. The van der Waals surface area contributed by atoms with Crippen LogP contribution in [0.25, 0.3) is 0 Å². The molecule has 0 aromatic heterocycles. The molecule has 18 heavy (non-hydrogen) atoms. The second-order valence-electron chi connectivity index (χ2n) is 4.38. The van der Waals surface area contributed by atoms with Gasteiger partial charge in [0, 0.05) is 16.3 Å². The Morgan fingerprint density at radius 1 is 1.06 bits per heavy atom. The zero-order valence-electron chi connectivity index (χ0n) is 9.90. The molecule has 0 saturated carbocycles. The van der Waals surface area contributed by atoms with E-state index < -0.39 is 0 Å². The number of benzene rings is 2. The van der Waals surface area contributed by atoms with Gasteiger partial charge in [-0.25, -0.2) is 4.39 Å². The summed E-state index contributed by atoms with van der Waals surface area (Å²) in [6.45, 7) is 0. The first-order chi connectivity index (χ1) is 8.83. The highest BCUT2D eigenvalue weighted by atomic mass is 32.2. The Hall–Kier alpha value is -1.48. The van der Waals surface area contributed by atoms with Gasteiger partial charge >= 0.3 is 0 Å². The van der Waals surface area contributed by atoms with Crippen LogP contribution in [0.1, 0.15) is 18.0 Å². The van der Waals surface area contributed by atoms with E-state index in [1.54, 1.807) is 12.1 Å². The summed E-state index contributed by atoms with van der Waals surface area (Å²) in [7, 11) is 0. The maximum absolute atomic E-state index is 12.9. The third-order valence-electron chi connectivity index (χ3n) is 3.14. The lowest BCUT2D eigenvalue weighted by atomic mass is 10.0. The summed E-state index contributed by atoms with van der Waals surface area (Å²) in [4.78, 5) is 1.35. The molecule has 3 heteroatoms. The van der Waals surface area contributed by atoms with Crippen LogP contribution in [0.5, 0.6) is 0 Å². The highest BCUT2D eigenvalue weighted by molar-refractivity contribution is 7.99. The number of nitrogens with one attached hydrogen (secondary N) is 1. The first-order valence-electron chi connectivity index (χ1n) is 6.07. The number of halogens is 1. The molecule has 0 fully saturated rings. The van der Waals surface area contributed by atoms with Crippen LogP contribution in [0, 0.1) is 5.82 Å². The monoisotopic (exact) mass is 259 g/mol. The summed E-state index contributed by atoms with van der Waals surface area (Å²) in [6.07, 6.45) is 1.10. The highest BCUT2D eigenvalue weighted by Crippen LogP contribution is 2.37. The van der Waals surface area contributed by atoms with E-state index in [9.17, 15) is 4.39 Å². The van der Waals surface area contributed by atoms with Crippen molar-refractivity contribution in [2.45, 2.75) is 17.4 Å². The molecule has 0 saturated heterocycles. The van der Waals surface area contributed by atoms with Gasteiger partial charge in [0.05, 0.1) is 6.04 Å². The van der Waals surface area contributed by atoms with Crippen LogP contribution < -0.4 is 5.32 Å². The summed E-state index contributed by atoms with van der Waals surface area (Å²) < 4.78 is 12.9. The second-order valence-corrected chi connectivity index (χ2v) is 5.52. The topological polar surface area (TPSA) is 12.0 Å². The van der Waals surface area contributed by atoms with Gasteiger partial charge in [-0.1, -0.05) is 18.2 Å². The van der Waals surface area contributed by atoms with E-state index in [1.807, 2.05) is 11.8 Å². The van der Waals surface area contributed by atoms with Gasteiger partial charge in [-0.15, -0.1) is 11.8 Å². The smallest absolute Gasteiger partial charge is 0.123 e. The maximum Gasteiger partial charge on any atom is 0.123 e. The van der Waals surface area contributed by atoms with E-state index in [1.165, 1.54) is 22.6 Å². The number of rotatable bonds is 2. The van der Waals surface area contributed by atoms with Gasteiger partial charge in [0.25, 0.3) is 0 Å². The summed E-state index contributed by atoms with van der Waals surface area (Å²) >= 11 is 1.91. The average Bonchev–Trinajstić information content (AvgIpc) is 2.42. The normalized spacial score (nSPS) is 18.2. The van der Waals surface area contributed by atoms with Crippen LogP contribution >= 0.6 is 11.8 Å². The summed E-state index contributed by atoms with van der Waals surface area (Å²) in [5.41, 5.74) is 2.32. The molecule has 92 valence electrons. The number of anilines is 1. The number of hydrogen-bond acceptors (Lipinski definition) is 2. The molecule has 0 spiro atoms. The molecule has 0 amide bonds. The Morgan fingerprint density at radius 3 is 2.67 bits per heavy atom. The average molecular weight is 259 g/mol. The van der Waals surface area contributed by atoms with Gasteiger partial charge in [-0.2, -0.15) is 0 Å². The molecule has 2 aromatic rings. The molecular weight excluding hydrogens is 245 g/mol. The van der Waals surface area contributed by atoms with Gasteiger partial charge in [0.1, 0.15) is 5.82 Å². The third-order valence-corrected chi connectivity index (χ3v) is 4.27. The van der Waals surface area contributed by atoms with Gasteiger partial charge in [0.2, 0.25) is 0 Å². The molecule has 0 aliphatic carbocycles. The minimum absolute atomic E-state index is 0.194. The Labute approximate surface area is 110 Å². The number of hydrogen-bond donors (Lipinski definition) is 1. The molecule has 1 N–H and O–H groups in total. The van der Waals surface area contributed by atoms with Crippen LogP contribution in [0.4, 0.5) is 10.1 Å². The Bertz CT molecular complexity index is 538. The maximum atomic E-state index is 12.9. The predicted molar refractivity (Wildman–Crippen MR) is 74.5 cm³/mol. The van der Waals surface area contributed by atoms with E-state index in [2.05, 4.69) is 29.6 Å². The fourth-order valence-corrected chi connectivity index (χ4v) is 3.36. The van der Waals surface area contributed by atoms with Crippen molar-refractivity contribution < 1.29 is 4.39 Å². The predicted octanol–water partition coefficient (Wildman–Crippen LogP) is 4.47. The van der Waals surface area contributed by atoms with Crippen LogP contribution in [-0.4, -0.2) is 5.75 Å². The minimum Gasteiger partial charge on any atom is -0.378 e. The lowest BCUT2D eigenvalue weighted by Crippen LogP contribution is -2.15. The first kappa shape index (κ1) is 11.6. The highest BCUT2D eigenvalue weighted by Gasteiger charge is 2.19. The lowest BCUT2D eigenvalue weighted by Gasteiger charge is -2.26. The van der Waals surface area contributed by atoms with Crippen LogP contribution in [0.15, 0.2) is 53.4 Å². The Balaban J connectivity index is 1.84. The van der Waals surface area contributed by atoms with Crippen LogP contribution in [-0.2, 0) is 0 Å². The minimum atomic E-state index is -0.194. The Kier molecular flexibility index (Phi) is 3.24. The van der Waals surface area contributed by atoms with Gasteiger partial charge in [-0.3, -0.25) is 0 Å².